The maximum atomic E-state index is 12.0. The lowest BCUT2D eigenvalue weighted by atomic mass is 10.1. The molecule has 3 rings (SSSR count). The molecule has 0 atom stereocenters. The maximum Gasteiger partial charge on any atom is 0.365 e. The molecule has 0 amide bonds. The molecule has 0 saturated carbocycles. The number of esters is 1. The summed E-state index contributed by atoms with van der Waals surface area (Å²) in [6.07, 6.45) is 1.46. The number of non-ortho nitro benzene ring substituents is 1. The summed E-state index contributed by atoms with van der Waals surface area (Å²) in [5, 5.41) is 16.5. The van der Waals surface area contributed by atoms with Crippen molar-refractivity contribution in [1.29, 1.82) is 0 Å². The van der Waals surface area contributed by atoms with Crippen LogP contribution in [0.2, 0.25) is 0 Å². The average Bonchev–Trinajstić information content (AvgIpc) is 3.04. The molecule has 3 aromatic rings. The molecule has 1 aromatic carbocycles. The molecule has 0 spiro atoms. The quantitative estimate of drug-likeness (QED) is 0.297. The highest BCUT2D eigenvalue weighted by molar-refractivity contribution is 9.10. The molecule has 0 fully saturated rings. The van der Waals surface area contributed by atoms with Gasteiger partial charge in [-0.25, -0.2) is 4.79 Å². The highest BCUT2D eigenvalue weighted by atomic mass is 79.9. The van der Waals surface area contributed by atoms with Crippen molar-refractivity contribution in [3.8, 4) is 5.75 Å². The number of rotatable bonds is 3. The van der Waals surface area contributed by atoms with Gasteiger partial charge >= 0.3 is 5.97 Å². The summed E-state index contributed by atoms with van der Waals surface area (Å²) in [5.74, 6) is -0.616. The first kappa shape index (κ1) is 14.5. The molecule has 0 unspecified atom stereocenters. The maximum absolute atomic E-state index is 12.0. The number of fused-ring (bicyclic) bond motifs is 1. The van der Waals surface area contributed by atoms with E-state index in [1.807, 2.05) is 0 Å². The minimum absolute atomic E-state index is 0.0549. The molecule has 10 heteroatoms. The van der Waals surface area contributed by atoms with Crippen LogP contribution in [0.25, 0.3) is 10.9 Å². The van der Waals surface area contributed by atoms with Crippen molar-refractivity contribution in [2.75, 3.05) is 0 Å². The van der Waals surface area contributed by atoms with E-state index in [0.29, 0.717) is 0 Å². The second kappa shape index (κ2) is 5.73. The Morgan fingerprint density at radius 2 is 2.27 bits per heavy atom. The number of nitrogens with zero attached hydrogens (tertiary/aromatic N) is 4. The third kappa shape index (κ3) is 2.53. The summed E-state index contributed by atoms with van der Waals surface area (Å²) in [6, 6.07) is 4.37. The number of aromatic nitrogens is 3. The first-order chi connectivity index (χ1) is 10.6. The zero-order valence-electron chi connectivity index (χ0n) is 10.6. The Morgan fingerprint density at radius 1 is 1.45 bits per heavy atom. The van der Waals surface area contributed by atoms with E-state index in [1.165, 1.54) is 23.7 Å². The van der Waals surface area contributed by atoms with Gasteiger partial charge in [0, 0.05) is 17.6 Å². The van der Waals surface area contributed by atoms with Crippen molar-refractivity contribution in [2.24, 2.45) is 0 Å². The van der Waals surface area contributed by atoms with Gasteiger partial charge in [-0.1, -0.05) is 4.49 Å². The van der Waals surface area contributed by atoms with Crippen molar-refractivity contribution in [2.45, 2.75) is 0 Å². The molecule has 0 aliphatic carbocycles. The molecule has 2 heterocycles. The number of carbonyl (C=O) groups excluding carboxylic acids is 1. The van der Waals surface area contributed by atoms with Gasteiger partial charge in [0.05, 0.1) is 14.8 Å². The Balaban J connectivity index is 2.14. The standard InChI is InChI=1S/C12H5BrN4O4S/c13-7-4-9(17(19)20)6-2-1-3-14-10(6)11(7)21-12(18)8-5-22-16-15-8/h1-5H. The van der Waals surface area contributed by atoms with Crippen LogP contribution < -0.4 is 4.74 Å². The summed E-state index contributed by atoms with van der Waals surface area (Å²) < 4.78 is 9.10. The van der Waals surface area contributed by atoms with Gasteiger partial charge in [0.15, 0.2) is 11.4 Å². The molecule has 2 aromatic heterocycles. The van der Waals surface area contributed by atoms with E-state index in [2.05, 4.69) is 30.5 Å². The third-order valence-corrected chi connectivity index (χ3v) is 3.83. The summed E-state index contributed by atoms with van der Waals surface area (Å²) in [4.78, 5) is 26.7. The average molecular weight is 381 g/mol. The predicted octanol–water partition coefficient (Wildman–Crippen LogP) is 2.98. The van der Waals surface area contributed by atoms with Crippen molar-refractivity contribution >= 4 is 50.0 Å². The minimum Gasteiger partial charge on any atom is -0.418 e. The zero-order valence-corrected chi connectivity index (χ0v) is 13.0. The third-order valence-electron chi connectivity index (χ3n) is 2.74. The Bertz CT molecular complexity index is 884. The molecule has 0 radical (unpaired) electrons. The van der Waals surface area contributed by atoms with Gasteiger partial charge < -0.3 is 4.74 Å². The molecule has 0 bridgehead atoms. The lowest BCUT2D eigenvalue weighted by molar-refractivity contribution is -0.383. The molecule has 22 heavy (non-hydrogen) atoms. The lowest BCUT2D eigenvalue weighted by Crippen LogP contribution is -2.10. The molecule has 110 valence electrons. The number of hydrogen-bond acceptors (Lipinski definition) is 8. The predicted molar refractivity (Wildman–Crippen MR) is 81.0 cm³/mol. The minimum atomic E-state index is -0.713. The van der Waals surface area contributed by atoms with Crippen LogP contribution in [0.1, 0.15) is 10.5 Å². The SMILES string of the molecule is O=C(Oc1c(Br)cc([N+](=O)[O-])c2cccnc12)c1csnn1. The highest BCUT2D eigenvalue weighted by Crippen LogP contribution is 2.38. The van der Waals surface area contributed by atoms with E-state index >= 15 is 0 Å². The number of hydrogen-bond donors (Lipinski definition) is 0. The van der Waals surface area contributed by atoms with Gasteiger partial charge in [-0.2, -0.15) is 0 Å². The number of nitro benzene ring substituents is 1. The molecule has 0 aliphatic heterocycles. The number of pyridine rings is 1. The number of nitro groups is 1. The van der Waals surface area contributed by atoms with Gasteiger partial charge in [0.2, 0.25) is 0 Å². The topological polar surface area (TPSA) is 108 Å². The van der Waals surface area contributed by atoms with E-state index in [0.717, 1.165) is 11.5 Å². The van der Waals surface area contributed by atoms with E-state index in [9.17, 15) is 14.9 Å². The number of ether oxygens (including phenoxy) is 1. The van der Waals surface area contributed by atoms with Gasteiger partial charge in [0.25, 0.3) is 5.69 Å². The van der Waals surface area contributed by atoms with Crippen molar-refractivity contribution in [3.63, 3.8) is 0 Å². The van der Waals surface area contributed by atoms with Crippen LogP contribution in [0.15, 0.2) is 34.2 Å². The fraction of sp³-hybridized carbons (Fsp3) is 0. The summed E-state index contributed by atoms with van der Waals surface area (Å²) in [6.45, 7) is 0. The lowest BCUT2D eigenvalue weighted by Gasteiger charge is -2.08. The second-order valence-electron chi connectivity index (χ2n) is 4.04. The van der Waals surface area contributed by atoms with Gasteiger partial charge in [-0.3, -0.25) is 15.1 Å². The Morgan fingerprint density at radius 3 is 2.95 bits per heavy atom. The smallest absolute Gasteiger partial charge is 0.365 e. The Hall–Kier alpha value is -2.46. The van der Waals surface area contributed by atoms with E-state index in [1.54, 1.807) is 6.07 Å². The van der Waals surface area contributed by atoms with Crippen LogP contribution >= 0.6 is 27.5 Å². The second-order valence-corrected chi connectivity index (χ2v) is 5.51. The molecule has 0 aliphatic rings. The molecule has 8 nitrogen and oxygen atoms in total. The summed E-state index contributed by atoms with van der Waals surface area (Å²) >= 11 is 4.19. The fourth-order valence-electron chi connectivity index (χ4n) is 1.82. The number of halogens is 1. The van der Waals surface area contributed by atoms with Crippen LogP contribution in [0.4, 0.5) is 5.69 Å². The molecular formula is C12H5BrN4O4S. The first-order valence-electron chi connectivity index (χ1n) is 5.79. The zero-order chi connectivity index (χ0) is 15.7. The Labute approximate surface area is 135 Å². The van der Waals surface area contributed by atoms with Crippen LogP contribution in [-0.4, -0.2) is 25.5 Å². The van der Waals surface area contributed by atoms with E-state index in [4.69, 9.17) is 4.74 Å². The largest absolute Gasteiger partial charge is 0.418 e. The number of carbonyl (C=O) groups is 1. The van der Waals surface area contributed by atoms with Crippen LogP contribution in [-0.2, 0) is 0 Å². The van der Waals surface area contributed by atoms with Crippen molar-refractivity contribution in [3.05, 3.63) is 50.1 Å². The normalized spacial score (nSPS) is 10.6. The molecular weight excluding hydrogens is 376 g/mol. The van der Waals surface area contributed by atoms with Crippen molar-refractivity contribution in [1.82, 2.24) is 14.6 Å². The number of benzene rings is 1. The van der Waals surface area contributed by atoms with Gasteiger partial charge in [-0.15, -0.1) is 5.10 Å². The van der Waals surface area contributed by atoms with Crippen LogP contribution in [0, 0.1) is 10.1 Å². The fourth-order valence-corrected chi connectivity index (χ4v) is 2.73. The Kier molecular flexibility index (Phi) is 3.77. The van der Waals surface area contributed by atoms with E-state index in [-0.39, 0.29) is 32.5 Å². The first-order valence-corrected chi connectivity index (χ1v) is 7.41. The monoisotopic (exact) mass is 380 g/mol. The highest BCUT2D eigenvalue weighted by Gasteiger charge is 2.22. The van der Waals surface area contributed by atoms with Crippen molar-refractivity contribution < 1.29 is 14.5 Å². The summed E-state index contributed by atoms with van der Waals surface area (Å²) in [5.41, 5.74) is 0.129. The van der Waals surface area contributed by atoms with Gasteiger partial charge in [-0.05, 0) is 39.6 Å². The molecule has 0 N–H and O–H groups in total. The van der Waals surface area contributed by atoms with Crippen LogP contribution in [0.5, 0.6) is 5.75 Å². The van der Waals surface area contributed by atoms with E-state index < -0.39 is 10.9 Å². The summed E-state index contributed by atoms with van der Waals surface area (Å²) in [7, 11) is 0. The van der Waals surface area contributed by atoms with Gasteiger partial charge in [0.1, 0.15) is 5.52 Å². The van der Waals surface area contributed by atoms with Crippen LogP contribution in [0.3, 0.4) is 0 Å². The molecule has 0 saturated heterocycles.